The highest BCUT2D eigenvalue weighted by Gasteiger charge is 2.16. The van der Waals surface area contributed by atoms with Crippen LogP contribution in [0.4, 0.5) is 20.2 Å². The first-order valence-electron chi connectivity index (χ1n) is 9.54. The Morgan fingerprint density at radius 3 is 2.30 bits per heavy atom. The second-order valence-electron chi connectivity index (χ2n) is 6.72. The van der Waals surface area contributed by atoms with Crippen molar-refractivity contribution >= 4 is 29.1 Å². The zero-order valence-corrected chi connectivity index (χ0v) is 17.4. The van der Waals surface area contributed by atoms with E-state index in [0.717, 1.165) is 6.07 Å². The molecule has 4 N–H and O–H groups in total. The molecule has 3 aromatic carbocycles. The molecule has 3 aromatic rings. The molecule has 0 aromatic heterocycles. The summed E-state index contributed by atoms with van der Waals surface area (Å²) in [6.07, 6.45) is 0. The lowest BCUT2D eigenvalue weighted by Crippen LogP contribution is -2.20. The number of halogens is 2. The molecule has 0 aliphatic carbocycles. The SMILES string of the molecule is COc1cccc(NC(=O)COc2ccc(C(=O)Nc3cc(C(N)=O)c(F)cc3F)cc2)c1. The van der Waals surface area contributed by atoms with Crippen molar-refractivity contribution in [1.82, 2.24) is 0 Å². The summed E-state index contributed by atoms with van der Waals surface area (Å²) < 4.78 is 38.0. The predicted molar refractivity (Wildman–Crippen MR) is 116 cm³/mol. The first kappa shape index (κ1) is 23.2. The van der Waals surface area contributed by atoms with Crippen LogP contribution in [0.25, 0.3) is 0 Å². The maximum absolute atomic E-state index is 13.9. The molecular weight excluding hydrogens is 436 g/mol. The summed E-state index contributed by atoms with van der Waals surface area (Å²) >= 11 is 0. The van der Waals surface area contributed by atoms with Crippen LogP contribution in [-0.4, -0.2) is 31.4 Å². The number of hydrogen-bond acceptors (Lipinski definition) is 5. The summed E-state index contributed by atoms with van der Waals surface area (Å²) in [6.45, 7) is -0.278. The minimum Gasteiger partial charge on any atom is -0.497 e. The van der Waals surface area contributed by atoms with Crippen LogP contribution in [0.2, 0.25) is 0 Å². The number of nitrogens with two attached hydrogens (primary N) is 1. The number of carbonyl (C=O) groups excluding carboxylic acids is 3. The molecular formula is C23H19F2N3O5. The van der Waals surface area contributed by atoms with Gasteiger partial charge in [0.1, 0.15) is 23.1 Å². The third kappa shape index (κ3) is 6.03. The molecule has 33 heavy (non-hydrogen) atoms. The first-order valence-corrected chi connectivity index (χ1v) is 9.54. The normalized spacial score (nSPS) is 10.3. The Kier molecular flexibility index (Phi) is 7.19. The second-order valence-corrected chi connectivity index (χ2v) is 6.72. The molecule has 0 bridgehead atoms. The van der Waals surface area contributed by atoms with Crippen molar-refractivity contribution in [2.45, 2.75) is 0 Å². The van der Waals surface area contributed by atoms with E-state index in [1.165, 1.54) is 31.4 Å². The van der Waals surface area contributed by atoms with E-state index in [4.69, 9.17) is 15.2 Å². The number of carbonyl (C=O) groups is 3. The second kappa shape index (κ2) is 10.2. The Labute approximate surface area is 187 Å². The number of rotatable bonds is 8. The summed E-state index contributed by atoms with van der Waals surface area (Å²) in [7, 11) is 1.52. The summed E-state index contributed by atoms with van der Waals surface area (Å²) in [5.74, 6) is -3.49. The fraction of sp³-hybridized carbons (Fsp3) is 0.0870. The molecule has 10 heteroatoms. The molecule has 0 unspecified atom stereocenters. The zero-order chi connectivity index (χ0) is 24.0. The summed E-state index contributed by atoms with van der Waals surface area (Å²) in [5.41, 5.74) is 4.76. The van der Waals surface area contributed by atoms with Crippen molar-refractivity contribution in [3.05, 3.63) is 83.4 Å². The van der Waals surface area contributed by atoms with Crippen LogP contribution in [0.1, 0.15) is 20.7 Å². The minimum absolute atomic E-state index is 0.132. The minimum atomic E-state index is -1.13. The van der Waals surface area contributed by atoms with Gasteiger partial charge in [0.05, 0.1) is 18.4 Å². The van der Waals surface area contributed by atoms with Gasteiger partial charge in [0.2, 0.25) is 0 Å². The topological polar surface area (TPSA) is 120 Å². The highest BCUT2D eigenvalue weighted by molar-refractivity contribution is 6.05. The third-order valence-corrected chi connectivity index (χ3v) is 4.41. The van der Waals surface area contributed by atoms with E-state index in [9.17, 15) is 23.2 Å². The Balaban J connectivity index is 1.58. The van der Waals surface area contributed by atoms with Gasteiger partial charge in [-0.2, -0.15) is 0 Å². The van der Waals surface area contributed by atoms with E-state index in [-0.39, 0.29) is 12.2 Å². The van der Waals surface area contributed by atoms with Crippen molar-refractivity contribution in [2.75, 3.05) is 24.4 Å². The van der Waals surface area contributed by atoms with Gasteiger partial charge in [0.15, 0.2) is 6.61 Å². The number of nitrogens with one attached hydrogen (secondary N) is 2. The van der Waals surface area contributed by atoms with Crippen molar-refractivity contribution in [3.63, 3.8) is 0 Å². The van der Waals surface area contributed by atoms with Crippen molar-refractivity contribution in [3.8, 4) is 11.5 Å². The number of anilines is 2. The van der Waals surface area contributed by atoms with E-state index in [2.05, 4.69) is 10.6 Å². The van der Waals surface area contributed by atoms with Gasteiger partial charge in [-0.25, -0.2) is 8.78 Å². The van der Waals surface area contributed by atoms with E-state index in [1.807, 2.05) is 0 Å². The standard InChI is InChI=1S/C23H19F2N3O5/c1-32-16-4-2-3-14(9-16)27-21(29)12-33-15-7-5-13(6-8-15)23(31)28-20-10-17(22(26)30)18(24)11-19(20)25/h2-11H,12H2,1H3,(H2,26,30)(H,27,29)(H,28,31). The van der Waals surface area contributed by atoms with E-state index in [0.29, 0.717) is 23.3 Å². The highest BCUT2D eigenvalue weighted by Crippen LogP contribution is 2.21. The number of ether oxygens (including phenoxy) is 2. The van der Waals surface area contributed by atoms with Gasteiger partial charge in [-0.3, -0.25) is 14.4 Å². The third-order valence-electron chi connectivity index (χ3n) is 4.41. The van der Waals surface area contributed by atoms with Gasteiger partial charge < -0.3 is 25.8 Å². The predicted octanol–water partition coefficient (Wildman–Crippen LogP) is 3.34. The Hall–Kier alpha value is -4.47. The van der Waals surface area contributed by atoms with Crippen LogP contribution in [0.15, 0.2) is 60.7 Å². The van der Waals surface area contributed by atoms with Crippen LogP contribution in [0.3, 0.4) is 0 Å². The molecule has 0 radical (unpaired) electrons. The van der Waals surface area contributed by atoms with Crippen LogP contribution in [0.5, 0.6) is 11.5 Å². The van der Waals surface area contributed by atoms with E-state index in [1.54, 1.807) is 24.3 Å². The Morgan fingerprint density at radius 1 is 0.909 bits per heavy atom. The number of benzene rings is 3. The van der Waals surface area contributed by atoms with Gasteiger partial charge in [-0.05, 0) is 42.5 Å². The number of hydrogen-bond donors (Lipinski definition) is 3. The first-order chi connectivity index (χ1) is 15.8. The average molecular weight is 455 g/mol. The molecule has 0 aliphatic heterocycles. The highest BCUT2D eigenvalue weighted by atomic mass is 19.1. The lowest BCUT2D eigenvalue weighted by molar-refractivity contribution is -0.118. The smallest absolute Gasteiger partial charge is 0.262 e. The van der Waals surface area contributed by atoms with Crippen molar-refractivity contribution < 1.29 is 32.6 Å². The fourth-order valence-electron chi connectivity index (χ4n) is 2.78. The van der Waals surface area contributed by atoms with Crippen LogP contribution >= 0.6 is 0 Å². The molecule has 170 valence electrons. The van der Waals surface area contributed by atoms with Gasteiger partial charge in [-0.1, -0.05) is 6.07 Å². The van der Waals surface area contributed by atoms with E-state index < -0.39 is 40.6 Å². The molecule has 3 amide bonds. The molecule has 0 saturated heterocycles. The van der Waals surface area contributed by atoms with Crippen molar-refractivity contribution in [1.29, 1.82) is 0 Å². The quantitative estimate of drug-likeness (QED) is 0.481. The molecule has 3 rings (SSSR count). The lowest BCUT2D eigenvalue weighted by atomic mass is 10.1. The fourth-order valence-corrected chi connectivity index (χ4v) is 2.78. The Morgan fingerprint density at radius 2 is 1.64 bits per heavy atom. The molecule has 0 spiro atoms. The summed E-state index contributed by atoms with van der Waals surface area (Å²) in [4.78, 5) is 35.6. The van der Waals surface area contributed by atoms with E-state index >= 15 is 0 Å². The number of amides is 3. The molecule has 0 aliphatic rings. The maximum Gasteiger partial charge on any atom is 0.262 e. The van der Waals surface area contributed by atoms with Crippen LogP contribution in [-0.2, 0) is 4.79 Å². The molecule has 8 nitrogen and oxygen atoms in total. The summed E-state index contributed by atoms with van der Waals surface area (Å²) in [5, 5.41) is 4.91. The molecule has 0 saturated carbocycles. The largest absolute Gasteiger partial charge is 0.497 e. The summed E-state index contributed by atoms with van der Waals surface area (Å²) in [6, 6.07) is 13.8. The van der Waals surface area contributed by atoms with Gasteiger partial charge in [-0.15, -0.1) is 0 Å². The molecule has 0 heterocycles. The maximum atomic E-state index is 13.9. The molecule has 0 fully saturated rings. The van der Waals surface area contributed by atoms with Crippen molar-refractivity contribution in [2.24, 2.45) is 5.73 Å². The van der Waals surface area contributed by atoms with Gasteiger partial charge in [0, 0.05) is 23.4 Å². The van der Waals surface area contributed by atoms with Gasteiger partial charge in [0.25, 0.3) is 17.7 Å². The average Bonchev–Trinajstić information content (AvgIpc) is 2.79. The molecule has 0 atom stereocenters. The van der Waals surface area contributed by atoms with Crippen LogP contribution in [0, 0.1) is 11.6 Å². The van der Waals surface area contributed by atoms with Gasteiger partial charge >= 0.3 is 0 Å². The number of primary amides is 1. The zero-order valence-electron chi connectivity index (χ0n) is 17.4. The monoisotopic (exact) mass is 455 g/mol. The Bertz CT molecular complexity index is 1200. The van der Waals surface area contributed by atoms with Crippen LogP contribution < -0.4 is 25.8 Å². The number of methoxy groups -OCH3 is 1. The lowest BCUT2D eigenvalue weighted by Gasteiger charge is -2.10.